The summed E-state index contributed by atoms with van der Waals surface area (Å²) in [6, 6.07) is 0. The van der Waals surface area contributed by atoms with Crippen molar-refractivity contribution in [2.75, 3.05) is 6.61 Å². The highest BCUT2D eigenvalue weighted by atomic mass is 16.5. The van der Waals surface area contributed by atoms with E-state index in [1.54, 1.807) is 6.92 Å². The predicted octanol–water partition coefficient (Wildman–Crippen LogP) is -1.35. The van der Waals surface area contributed by atoms with Crippen LogP contribution in [0.2, 0.25) is 0 Å². The molecule has 1 aromatic rings. The molecule has 7 heteroatoms. The third-order valence-corrected chi connectivity index (χ3v) is 1.45. The summed E-state index contributed by atoms with van der Waals surface area (Å²) in [6.45, 7) is 1.75. The third kappa shape index (κ3) is 1.87. The summed E-state index contributed by atoms with van der Waals surface area (Å²) in [4.78, 5) is 35.0. The number of esters is 1. The van der Waals surface area contributed by atoms with Crippen molar-refractivity contribution in [1.29, 1.82) is 0 Å². The van der Waals surface area contributed by atoms with Gasteiger partial charge in [0.05, 0.1) is 6.61 Å². The quantitative estimate of drug-likeness (QED) is 0.594. The van der Waals surface area contributed by atoms with Crippen LogP contribution in [-0.2, 0) is 11.8 Å². The maximum absolute atomic E-state index is 11.1. The Bertz CT molecular complexity index is 459. The van der Waals surface area contributed by atoms with Gasteiger partial charge in [-0.1, -0.05) is 0 Å². The van der Waals surface area contributed by atoms with Crippen molar-refractivity contribution in [1.82, 2.24) is 14.8 Å². The number of ether oxygens (including phenoxy) is 1. The lowest BCUT2D eigenvalue weighted by atomic mass is 10.5. The second-order valence-corrected chi connectivity index (χ2v) is 2.45. The van der Waals surface area contributed by atoms with Crippen LogP contribution in [0.3, 0.4) is 0 Å². The number of nitrogens with zero attached hydrogens (tertiary/aromatic N) is 2. The van der Waals surface area contributed by atoms with Crippen molar-refractivity contribution in [2.24, 2.45) is 7.05 Å². The number of carbonyl (C=O) groups excluding carboxylic acids is 1. The molecule has 1 rings (SSSR count). The van der Waals surface area contributed by atoms with E-state index < -0.39 is 22.9 Å². The smallest absolute Gasteiger partial charge is 0.364 e. The first kappa shape index (κ1) is 10.2. The predicted molar refractivity (Wildman–Crippen MR) is 46.1 cm³/mol. The summed E-state index contributed by atoms with van der Waals surface area (Å²) in [5.41, 5.74) is -1.94. The molecule has 0 aliphatic rings. The number of nitrogens with one attached hydrogen (secondary N) is 1. The van der Waals surface area contributed by atoms with Gasteiger partial charge in [-0.05, 0) is 6.92 Å². The molecule has 76 valence electrons. The van der Waals surface area contributed by atoms with Crippen molar-refractivity contribution >= 4 is 5.97 Å². The minimum atomic E-state index is -0.843. The SMILES string of the molecule is CCOC(=O)c1nn(C)c(=O)[nH]c1=O. The number of aromatic amines is 1. The number of carbonyl (C=O) groups is 1. The van der Waals surface area contributed by atoms with Crippen molar-refractivity contribution < 1.29 is 9.53 Å². The van der Waals surface area contributed by atoms with Crippen LogP contribution < -0.4 is 11.2 Å². The zero-order valence-corrected chi connectivity index (χ0v) is 7.73. The topological polar surface area (TPSA) is 94.0 Å². The van der Waals surface area contributed by atoms with Gasteiger partial charge in [-0.3, -0.25) is 9.78 Å². The zero-order chi connectivity index (χ0) is 10.7. The van der Waals surface area contributed by atoms with E-state index in [4.69, 9.17) is 0 Å². The molecular weight excluding hydrogens is 190 g/mol. The molecule has 0 amide bonds. The van der Waals surface area contributed by atoms with E-state index in [1.807, 2.05) is 4.98 Å². The summed E-state index contributed by atoms with van der Waals surface area (Å²) in [5, 5.41) is 3.48. The van der Waals surface area contributed by atoms with Crippen LogP contribution in [0.15, 0.2) is 9.59 Å². The maximum Gasteiger partial charge on any atom is 0.364 e. The number of rotatable bonds is 2. The molecule has 0 spiro atoms. The van der Waals surface area contributed by atoms with Gasteiger partial charge in [-0.15, -0.1) is 0 Å². The summed E-state index contributed by atoms with van der Waals surface area (Å²) >= 11 is 0. The highest BCUT2D eigenvalue weighted by Crippen LogP contribution is 1.86. The van der Waals surface area contributed by atoms with Crippen molar-refractivity contribution in [2.45, 2.75) is 6.92 Å². The molecule has 7 nitrogen and oxygen atoms in total. The highest BCUT2D eigenvalue weighted by molar-refractivity contribution is 5.86. The summed E-state index contributed by atoms with van der Waals surface area (Å²) in [6.07, 6.45) is 0. The van der Waals surface area contributed by atoms with Crippen LogP contribution in [-0.4, -0.2) is 27.3 Å². The standard InChI is InChI=1S/C7H9N3O4/c1-3-14-6(12)4-5(11)8-7(13)10(2)9-4/h3H2,1-2H3,(H,8,11,13). The van der Waals surface area contributed by atoms with Crippen LogP contribution in [0.25, 0.3) is 0 Å². The van der Waals surface area contributed by atoms with Gasteiger partial charge in [0.15, 0.2) is 0 Å². The van der Waals surface area contributed by atoms with Gasteiger partial charge in [-0.25, -0.2) is 14.3 Å². The molecule has 0 saturated heterocycles. The lowest BCUT2D eigenvalue weighted by Crippen LogP contribution is -2.35. The molecule has 1 N–H and O–H groups in total. The third-order valence-electron chi connectivity index (χ3n) is 1.45. The zero-order valence-electron chi connectivity index (χ0n) is 7.73. The Kier molecular flexibility index (Phi) is 2.80. The Morgan fingerprint density at radius 2 is 2.21 bits per heavy atom. The van der Waals surface area contributed by atoms with Crippen molar-refractivity contribution in [3.63, 3.8) is 0 Å². The molecule has 1 aromatic heterocycles. The van der Waals surface area contributed by atoms with E-state index in [2.05, 4.69) is 9.84 Å². The number of aryl methyl sites for hydroxylation is 1. The fourth-order valence-electron chi connectivity index (χ4n) is 0.811. The average molecular weight is 199 g/mol. The van der Waals surface area contributed by atoms with E-state index >= 15 is 0 Å². The van der Waals surface area contributed by atoms with Gasteiger partial charge in [0.2, 0.25) is 5.69 Å². The van der Waals surface area contributed by atoms with Crippen LogP contribution in [0.1, 0.15) is 17.4 Å². The number of hydrogen-bond acceptors (Lipinski definition) is 5. The lowest BCUT2D eigenvalue weighted by molar-refractivity contribution is 0.0513. The maximum atomic E-state index is 11.1. The van der Waals surface area contributed by atoms with Crippen molar-refractivity contribution in [3.05, 3.63) is 26.5 Å². The van der Waals surface area contributed by atoms with Gasteiger partial charge in [0.25, 0.3) is 5.56 Å². The highest BCUT2D eigenvalue weighted by Gasteiger charge is 2.14. The van der Waals surface area contributed by atoms with Crippen LogP contribution in [0, 0.1) is 0 Å². The monoisotopic (exact) mass is 199 g/mol. The Labute approximate surface area is 78.3 Å². The van der Waals surface area contributed by atoms with Gasteiger partial charge >= 0.3 is 11.7 Å². The molecular formula is C7H9N3O4. The van der Waals surface area contributed by atoms with Crippen LogP contribution in [0.4, 0.5) is 0 Å². The van der Waals surface area contributed by atoms with E-state index in [9.17, 15) is 14.4 Å². The minimum absolute atomic E-state index is 0.142. The summed E-state index contributed by atoms with van der Waals surface area (Å²) in [5.74, 6) is -0.843. The average Bonchev–Trinajstić information content (AvgIpc) is 2.11. The Morgan fingerprint density at radius 3 is 2.79 bits per heavy atom. The molecule has 0 aliphatic carbocycles. The number of aromatic nitrogens is 3. The van der Waals surface area contributed by atoms with Gasteiger partial charge in [0, 0.05) is 7.05 Å². The lowest BCUT2D eigenvalue weighted by Gasteiger charge is -2.00. The first-order valence-corrected chi connectivity index (χ1v) is 3.91. The molecule has 0 aromatic carbocycles. The normalized spacial score (nSPS) is 9.86. The van der Waals surface area contributed by atoms with Gasteiger partial charge < -0.3 is 4.74 Å². The Balaban J connectivity index is 3.23. The molecule has 0 fully saturated rings. The summed E-state index contributed by atoms with van der Waals surface area (Å²) in [7, 11) is 1.32. The van der Waals surface area contributed by atoms with E-state index in [0.29, 0.717) is 0 Å². The Hall–Kier alpha value is -1.92. The first-order chi connectivity index (χ1) is 6.56. The molecule has 1 heterocycles. The second-order valence-electron chi connectivity index (χ2n) is 2.45. The van der Waals surface area contributed by atoms with E-state index in [-0.39, 0.29) is 6.61 Å². The van der Waals surface area contributed by atoms with E-state index in [1.165, 1.54) is 7.05 Å². The van der Waals surface area contributed by atoms with Gasteiger partial charge in [0.1, 0.15) is 0 Å². The second kappa shape index (κ2) is 3.86. The molecule has 0 unspecified atom stereocenters. The largest absolute Gasteiger partial charge is 0.461 e. The van der Waals surface area contributed by atoms with Crippen LogP contribution >= 0.6 is 0 Å². The van der Waals surface area contributed by atoms with Crippen LogP contribution in [0.5, 0.6) is 0 Å². The van der Waals surface area contributed by atoms with Crippen molar-refractivity contribution in [3.8, 4) is 0 Å². The number of hydrogen-bond donors (Lipinski definition) is 1. The molecule has 0 radical (unpaired) electrons. The Morgan fingerprint density at radius 1 is 1.57 bits per heavy atom. The van der Waals surface area contributed by atoms with Gasteiger partial charge in [-0.2, -0.15) is 5.10 Å². The fraction of sp³-hybridized carbons (Fsp3) is 0.429. The first-order valence-electron chi connectivity index (χ1n) is 3.91. The molecule has 0 aliphatic heterocycles. The molecule has 0 atom stereocenters. The summed E-state index contributed by atoms with van der Waals surface area (Å²) < 4.78 is 5.42. The van der Waals surface area contributed by atoms with E-state index in [0.717, 1.165) is 4.68 Å². The fourth-order valence-corrected chi connectivity index (χ4v) is 0.811. The molecule has 0 saturated carbocycles. The minimum Gasteiger partial charge on any atom is -0.461 e. The molecule has 0 bridgehead atoms. The number of H-pyrrole nitrogens is 1. The molecule has 14 heavy (non-hydrogen) atoms.